The molecule has 0 aromatic heterocycles. The van der Waals surface area contributed by atoms with E-state index in [1.807, 2.05) is 0 Å². The summed E-state index contributed by atoms with van der Waals surface area (Å²) in [6.07, 6.45) is 1.66. The number of rotatable bonds is 3. The standard InChI is InChI=1S/C10H20N2O2/c1-3-12-6-4-5-11-8-9(12)7-10(13)14-2/h9,11H,3-8H2,1-2H3. The SMILES string of the molecule is CCN1CCCNCC1CC(=O)OC. The summed E-state index contributed by atoms with van der Waals surface area (Å²) in [5.41, 5.74) is 0. The van der Waals surface area contributed by atoms with Gasteiger partial charge in [-0.05, 0) is 26.1 Å². The zero-order valence-corrected chi connectivity index (χ0v) is 9.08. The molecule has 0 saturated carbocycles. The van der Waals surface area contributed by atoms with Crippen LogP contribution in [0.25, 0.3) is 0 Å². The molecule has 1 fully saturated rings. The molecule has 1 aliphatic heterocycles. The molecule has 1 rings (SSSR count). The predicted octanol–water partition coefficient (Wildman–Crippen LogP) is 0.233. The van der Waals surface area contributed by atoms with Crippen molar-refractivity contribution < 1.29 is 9.53 Å². The molecule has 0 bridgehead atoms. The first-order chi connectivity index (χ1) is 6.77. The van der Waals surface area contributed by atoms with Gasteiger partial charge in [0, 0.05) is 12.6 Å². The molecule has 0 aliphatic carbocycles. The number of nitrogens with one attached hydrogen (secondary N) is 1. The third-order valence-electron chi connectivity index (χ3n) is 2.73. The molecule has 4 nitrogen and oxygen atoms in total. The van der Waals surface area contributed by atoms with Crippen LogP contribution in [0.5, 0.6) is 0 Å². The summed E-state index contributed by atoms with van der Waals surface area (Å²) in [6, 6.07) is 0.301. The normalized spacial score (nSPS) is 24.3. The number of methoxy groups -OCH3 is 1. The van der Waals surface area contributed by atoms with Gasteiger partial charge < -0.3 is 10.1 Å². The summed E-state index contributed by atoms with van der Waals surface area (Å²) >= 11 is 0. The zero-order valence-electron chi connectivity index (χ0n) is 9.08. The second kappa shape index (κ2) is 5.98. The largest absolute Gasteiger partial charge is 0.469 e. The molecule has 1 N–H and O–H groups in total. The van der Waals surface area contributed by atoms with Gasteiger partial charge in [-0.1, -0.05) is 6.92 Å². The Balaban J connectivity index is 2.47. The minimum absolute atomic E-state index is 0.114. The van der Waals surface area contributed by atoms with Gasteiger partial charge in [-0.2, -0.15) is 0 Å². The maximum atomic E-state index is 11.2. The average molecular weight is 200 g/mol. The van der Waals surface area contributed by atoms with E-state index >= 15 is 0 Å². The van der Waals surface area contributed by atoms with Crippen LogP contribution in [0, 0.1) is 0 Å². The Morgan fingerprint density at radius 3 is 3.07 bits per heavy atom. The van der Waals surface area contributed by atoms with Gasteiger partial charge in [-0.3, -0.25) is 9.69 Å². The molecule has 1 unspecified atom stereocenters. The molecule has 0 aromatic rings. The maximum absolute atomic E-state index is 11.2. The van der Waals surface area contributed by atoms with Crippen LogP contribution in [0.4, 0.5) is 0 Å². The third-order valence-corrected chi connectivity index (χ3v) is 2.73. The van der Waals surface area contributed by atoms with Crippen LogP contribution in [0.2, 0.25) is 0 Å². The van der Waals surface area contributed by atoms with Crippen molar-refractivity contribution in [1.82, 2.24) is 10.2 Å². The molecule has 4 heteroatoms. The van der Waals surface area contributed by atoms with Crippen molar-refractivity contribution in [3.63, 3.8) is 0 Å². The summed E-state index contributed by atoms with van der Waals surface area (Å²) in [5, 5.41) is 3.34. The lowest BCUT2D eigenvalue weighted by Crippen LogP contribution is -2.41. The van der Waals surface area contributed by atoms with Crippen LogP contribution >= 0.6 is 0 Å². The van der Waals surface area contributed by atoms with E-state index in [0.717, 1.165) is 32.6 Å². The van der Waals surface area contributed by atoms with E-state index in [2.05, 4.69) is 17.1 Å². The Bertz CT molecular complexity index is 185. The van der Waals surface area contributed by atoms with Gasteiger partial charge in [-0.25, -0.2) is 0 Å². The second-order valence-corrected chi connectivity index (χ2v) is 3.62. The van der Waals surface area contributed by atoms with Gasteiger partial charge in [0.05, 0.1) is 13.5 Å². The lowest BCUT2D eigenvalue weighted by Gasteiger charge is -2.27. The van der Waals surface area contributed by atoms with E-state index in [1.54, 1.807) is 0 Å². The predicted molar refractivity (Wildman–Crippen MR) is 55.2 cm³/mol. The van der Waals surface area contributed by atoms with E-state index in [9.17, 15) is 4.79 Å². The van der Waals surface area contributed by atoms with E-state index in [0.29, 0.717) is 12.5 Å². The highest BCUT2D eigenvalue weighted by molar-refractivity contribution is 5.69. The topological polar surface area (TPSA) is 41.6 Å². The Labute approximate surface area is 85.6 Å². The fourth-order valence-corrected chi connectivity index (χ4v) is 1.88. The Kier molecular flexibility index (Phi) is 4.90. The van der Waals surface area contributed by atoms with E-state index in [-0.39, 0.29) is 5.97 Å². The van der Waals surface area contributed by atoms with Crippen LogP contribution in [-0.2, 0) is 9.53 Å². The molecule has 0 amide bonds. The number of esters is 1. The summed E-state index contributed by atoms with van der Waals surface area (Å²) in [5.74, 6) is -0.114. The summed E-state index contributed by atoms with van der Waals surface area (Å²) in [6.45, 7) is 6.15. The van der Waals surface area contributed by atoms with Crippen molar-refractivity contribution in [3.8, 4) is 0 Å². The number of hydrogen-bond donors (Lipinski definition) is 1. The molecule has 0 aromatic carbocycles. The van der Waals surface area contributed by atoms with Crippen molar-refractivity contribution in [2.24, 2.45) is 0 Å². The first kappa shape index (κ1) is 11.5. The van der Waals surface area contributed by atoms with Gasteiger partial charge in [0.1, 0.15) is 0 Å². The van der Waals surface area contributed by atoms with Crippen molar-refractivity contribution >= 4 is 5.97 Å². The first-order valence-corrected chi connectivity index (χ1v) is 5.29. The third kappa shape index (κ3) is 3.27. The van der Waals surface area contributed by atoms with Crippen molar-refractivity contribution in [2.45, 2.75) is 25.8 Å². The number of carbonyl (C=O) groups excluding carboxylic acids is 1. The lowest BCUT2D eigenvalue weighted by molar-refractivity contribution is -0.142. The monoisotopic (exact) mass is 200 g/mol. The molecule has 1 aliphatic rings. The van der Waals surface area contributed by atoms with Crippen LogP contribution in [0.3, 0.4) is 0 Å². The molecule has 1 heterocycles. The number of ether oxygens (including phenoxy) is 1. The minimum atomic E-state index is -0.114. The average Bonchev–Trinajstić information content (AvgIpc) is 2.42. The van der Waals surface area contributed by atoms with Gasteiger partial charge in [-0.15, -0.1) is 0 Å². The molecular formula is C10H20N2O2. The summed E-state index contributed by atoms with van der Waals surface area (Å²) < 4.78 is 4.69. The molecule has 0 spiro atoms. The van der Waals surface area contributed by atoms with Gasteiger partial charge in [0.2, 0.25) is 0 Å². The number of hydrogen-bond acceptors (Lipinski definition) is 4. The quantitative estimate of drug-likeness (QED) is 0.662. The van der Waals surface area contributed by atoms with Crippen molar-refractivity contribution in [1.29, 1.82) is 0 Å². The Hall–Kier alpha value is -0.610. The fraction of sp³-hybridized carbons (Fsp3) is 0.900. The molecule has 14 heavy (non-hydrogen) atoms. The number of nitrogens with zero attached hydrogens (tertiary/aromatic N) is 1. The van der Waals surface area contributed by atoms with Gasteiger partial charge in [0.25, 0.3) is 0 Å². The highest BCUT2D eigenvalue weighted by atomic mass is 16.5. The molecule has 1 saturated heterocycles. The molecule has 0 radical (unpaired) electrons. The van der Waals surface area contributed by atoms with Gasteiger partial charge in [0.15, 0.2) is 0 Å². The molecule has 1 atom stereocenters. The number of likely N-dealkylation sites (N-methyl/N-ethyl adjacent to an activating group) is 1. The van der Waals surface area contributed by atoms with Crippen LogP contribution < -0.4 is 5.32 Å². The molecular weight excluding hydrogens is 180 g/mol. The number of carbonyl (C=O) groups is 1. The second-order valence-electron chi connectivity index (χ2n) is 3.62. The Morgan fingerprint density at radius 1 is 1.64 bits per heavy atom. The van der Waals surface area contributed by atoms with Crippen LogP contribution in [0.15, 0.2) is 0 Å². The zero-order chi connectivity index (χ0) is 10.4. The highest BCUT2D eigenvalue weighted by Gasteiger charge is 2.22. The smallest absolute Gasteiger partial charge is 0.307 e. The summed E-state index contributed by atoms with van der Waals surface area (Å²) in [4.78, 5) is 13.5. The van der Waals surface area contributed by atoms with Crippen molar-refractivity contribution in [2.75, 3.05) is 33.3 Å². The summed E-state index contributed by atoms with van der Waals surface area (Å²) in [7, 11) is 1.45. The highest BCUT2D eigenvalue weighted by Crippen LogP contribution is 2.08. The lowest BCUT2D eigenvalue weighted by atomic mass is 10.2. The van der Waals surface area contributed by atoms with E-state index in [1.165, 1.54) is 7.11 Å². The Morgan fingerprint density at radius 2 is 2.43 bits per heavy atom. The van der Waals surface area contributed by atoms with E-state index < -0.39 is 0 Å². The van der Waals surface area contributed by atoms with Crippen LogP contribution in [0.1, 0.15) is 19.8 Å². The first-order valence-electron chi connectivity index (χ1n) is 5.29. The maximum Gasteiger partial charge on any atom is 0.307 e. The minimum Gasteiger partial charge on any atom is -0.469 e. The fourth-order valence-electron chi connectivity index (χ4n) is 1.88. The van der Waals surface area contributed by atoms with Crippen LogP contribution in [-0.4, -0.2) is 50.2 Å². The van der Waals surface area contributed by atoms with E-state index in [4.69, 9.17) is 4.74 Å². The van der Waals surface area contributed by atoms with Crippen molar-refractivity contribution in [3.05, 3.63) is 0 Å². The molecule has 82 valence electrons. The van der Waals surface area contributed by atoms with Gasteiger partial charge >= 0.3 is 5.97 Å².